The molecule has 0 atom stereocenters. The highest BCUT2D eigenvalue weighted by molar-refractivity contribution is 7.16. The smallest absolute Gasteiger partial charge is 0.281 e. The molecule has 0 saturated carbocycles. The third kappa shape index (κ3) is 3.39. The van der Waals surface area contributed by atoms with Crippen LogP contribution in [0.3, 0.4) is 0 Å². The van der Waals surface area contributed by atoms with Crippen LogP contribution in [0.25, 0.3) is 10.2 Å². The molecule has 28 heavy (non-hydrogen) atoms. The van der Waals surface area contributed by atoms with Crippen molar-refractivity contribution in [1.29, 1.82) is 0 Å². The van der Waals surface area contributed by atoms with Crippen LogP contribution < -0.4 is 15.7 Å². The van der Waals surface area contributed by atoms with Crippen molar-refractivity contribution in [1.82, 2.24) is 19.2 Å². The second-order valence-corrected chi connectivity index (χ2v) is 7.04. The Kier molecular flexibility index (Phi) is 4.66. The van der Waals surface area contributed by atoms with Crippen LogP contribution in [0.4, 0.5) is 0 Å². The van der Waals surface area contributed by atoms with Gasteiger partial charge in [0.1, 0.15) is 28.8 Å². The van der Waals surface area contributed by atoms with Crippen molar-refractivity contribution in [2.45, 2.75) is 13.5 Å². The number of fused-ring (bicyclic) bond motifs is 1. The third-order valence-electron chi connectivity index (χ3n) is 4.28. The van der Waals surface area contributed by atoms with Crippen LogP contribution in [-0.4, -0.2) is 25.1 Å². The normalized spacial score (nSPS) is 10.9. The van der Waals surface area contributed by atoms with Crippen molar-refractivity contribution in [2.24, 2.45) is 7.05 Å². The molecular formula is C19H17N5O3S. The van der Waals surface area contributed by atoms with Gasteiger partial charge in [0, 0.05) is 25.0 Å². The number of benzene rings is 1. The number of amides is 1. The molecule has 3 aromatic heterocycles. The monoisotopic (exact) mass is 395 g/mol. The zero-order chi connectivity index (χ0) is 19.7. The van der Waals surface area contributed by atoms with Gasteiger partial charge in [0.25, 0.3) is 11.5 Å². The van der Waals surface area contributed by atoms with Gasteiger partial charge >= 0.3 is 0 Å². The fourth-order valence-corrected chi connectivity index (χ4v) is 3.50. The molecule has 0 aliphatic heterocycles. The van der Waals surface area contributed by atoms with E-state index in [2.05, 4.69) is 15.4 Å². The van der Waals surface area contributed by atoms with Crippen molar-refractivity contribution in [3.8, 4) is 5.75 Å². The number of nitrogens with one attached hydrogen (secondary N) is 1. The van der Waals surface area contributed by atoms with Crippen LogP contribution in [0.5, 0.6) is 5.75 Å². The number of aryl methyl sites for hydroxylation is 2. The molecule has 0 aliphatic rings. The van der Waals surface area contributed by atoms with Crippen LogP contribution >= 0.6 is 11.3 Å². The Hall–Kier alpha value is -3.46. The quantitative estimate of drug-likeness (QED) is 0.561. The van der Waals surface area contributed by atoms with E-state index in [-0.39, 0.29) is 5.56 Å². The average Bonchev–Trinajstić information content (AvgIpc) is 3.32. The molecule has 0 radical (unpaired) electrons. The Morgan fingerprint density at radius 1 is 1.25 bits per heavy atom. The maximum absolute atomic E-state index is 12.5. The minimum absolute atomic E-state index is 0.299. The summed E-state index contributed by atoms with van der Waals surface area (Å²) in [6.07, 6.45) is 3.55. The minimum atomic E-state index is -0.405. The number of carbonyl (C=O) groups is 1. The van der Waals surface area contributed by atoms with Gasteiger partial charge < -0.3 is 9.30 Å². The van der Waals surface area contributed by atoms with Crippen LogP contribution in [0.15, 0.2) is 52.9 Å². The van der Waals surface area contributed by atoms with E-state index in [4.69, 9.17) is 4.74 Å². The van der Waals surface area contributed by atoms with E-state index >= 15 is 0 Å². The molecule has 0 unspecified atom stereocenters. The van der Waals surface area contributed by atoms with E-state index in [1.54, 1.807) is 48.8 Å². The lowest BCUT2D eigenvalue weighted by Crippen LogP contribution is -2.35. The molecule has 1 N–H and O–H groups in total. The summed E-state index contributed by atoms with van der Waals surface area (Å²) in [5.41, 5.74) is 2.72. The molecule has 3 heterocycles. The van der Waals surface area contributed by atoms with Gasteiger partial charge in [-0.25, -0.2) is 14.6 Å². The number of hydrogen-bond acceptors (Lipinski definition) is 6. The highest BCUT2D eigenvalue weighted by Gasteiger charge is 2.13. The number of aromatic nitrogens is 4. The molecule has 0 bridgehead atoms. The number of imidazole rings is 1. The van der Waals surface area contributed by atoms with E-state index < -0.39 is 5.91 Å². The topological polar surface area (TPSA) is 91.0 Å². The van der Waals surface area contributed by atoms with Gasteiger partial charge in [0.15, 0.2) is 0 Å². The van der Waals surface area contributed by atoms with Gasteiger partial charge in [-0.15, -0.1) is 11.3 Å². The minimum Gasteiger partial charge on any atom is -0.486 e. The van der Waals surface area contributed by atoms with Gasteiger partial charge in [-0.2, -0.15) is 0 Å². The molecule has 1 amide bonds. The highest BCUT2D eigenvalue weighted by atomic mass is 32.1. The number of thiophene rings is 1. The maximum Gasteiger partial charge on any atom is 0.281 e. The number of carbonyl (C=O) groups excluding carboxylic acids is 1. The molecule has 4 rings (SSSR count). The fourth-order valence-electron chi connectivity index (χ4n) is 2.70. The molecular weight excluding hydrogens is 378 g/mol. The summed E-state index contributed by atoms with van der Waals surface area (Å²) < 4.78 is 8.73. The Morgan fingerprint density at radius 2 is 2.04 bits per heavy atom. The van der Waals surface area contributed by atoms with E-state index in [1.807, 2.05) is 17.8 Å². The largest absolute Gasteiger partial charge is 0.486 e. The number of nitrogens with zero attached hydrogens (tertiary/aromatic N) is 4. The zero-order valence-electron chi connectivity index (χ0n) is 15.2. The van der Waals surface area contributed by atoms with Crippen molar-refractivity contribution in [3.63, 3.8) is 0 Å². The average molecular weight is 395 g/mol. The molecule has 1 aromatic carbocycles. The van der Waals surface area contributed by atoms with Gasteiger partial charge in [-0.05, 0) is 42.6 Å². The van der Waals surface area contributed by atoms with E-state index in [0.717, 1.165) is 5.82 Å². The summed E-state index contributed by atoms with van der Waals surface area (Å²) in [5.74, 6) is 1.43. The first-order valence-corrected chi connectivity index (χ1v) is 9.38. The van der Waals surface area contributed by atoms with E-state index in [0.29, 0.717) is 34.0 Å². The first-order chi connectivity index (χ1) is 13.5. The zero-order valence-corrected chi connectivity index (χ0v) is 16.1. The molecule has 0 saturated heterocycles. The van der Waals surface area contributed by atoms with E-state index in [9.17, 15) is 9.59 Å². The fraction of sp³-hybridized carbons (Fsp3) is 0.158. The summed E-state index contributed by atoms with van der Waals surface area (Å²) in [4.78, 5) is 34.3. The molecule has 142 valence electrons. The summed E-state index contributed by atoms with van der Waals surface area (Å²) in [7, 11) is 1.89. The van der Waals surface area contributed by atoms with E-state index in [1.165, 1.54) is 16.0 Å². The SMILES string of the molecule is Cc1nc2sccc2c(=O)n1NC(=O)c1ccc(OCc2nccn2C)cc1. The van der Waals surface area contributed by atoms with Gasteiger partial charge in [0.05, 0.1) is 5.39 Å². The Balaban J connectivity index is 1.48. The second kappa shape index (κ2) is 7.28. The third-order valence-corrected chi connectivity index (χ3v) is 5.09. The number of hydrogen-bond donors (Lipinski definition) is 1. The van der Waals surface area contributed by atoms with Crippen molar-refractivity contribution in [2.75, 3.05) is 5.43 Å². The van der Waals surface area contributed by atoms with Crippen molar-refractivity contribution in [3.05, 3.63) is 75.7 Å². The van der Waals surface area contributed by atoms with Gasteiger partial charge in [-0.1, -0.05) is 0 Å². The predicted octanol–water partition coefficient (Wildman–Crippen LogP) is 2.46. The first-order valence-electron chi connectivity index (χ1n) is 8.50. The molecule has 4 aromatic rings. The Morgan fingerprint density at radius 3 is 2.75 bits per heavy atom. The molecule has 0 aliphatic carbocycles. The number of ether oxygens (including phenoxy) is 1. The van der Waals surface area contributed by atoms with Crippen LogP contribution in [0, 0.1) is 6.92 Å². The summed E-state index contributed by atoms with van der Waals surface area (Å²) in [6.45, 7) is 2.01. The van der Waals surface area contributed by atoms with Crippen molar-refractivity contribution < 1.29 is 9.53 Å². The molecule has 0 spiro atoms. The Bertz CT molecular complexity index is 1210. The lowest BCUT2D eigenvalue weighted by molar-refractivity contribution is 0.101. The van der Waals surface area contributed by atoms with Crippen LogP contribution in [0.1, 0.15) is 22.0 Å². The second-order valence-electron chi connectivity index (χ2n) is 6.15. The van der Waals surface area contributed by atoms with Gasteiger partial charge in [-0.3, -0.25) is 15.0 Å². The lowest BCUT2D eigenvalue weighted by atomic mass is 10.2. The Labute approximate surface area is 164 Å². The molecule has 8 nitrogen and oxygen atoms in total. The molecule has 9 heteroatoms. The standard InChI is InChI=1S/C19H17N5O3S/c1-12-21-18-15(7-10-28-18)19(26)24(12)22-17(25)13-3-5-14(6-4-13)27-11-16-20-8-9-23(16)2/h3-10H,11H2,1-2H3,(H,22,25). The summed E-state index contributed by atoms with van der Waals surface area (Å²) >= 11 is 1.39. The van der Waals surface area contributed by atoms with Gasteiger partial charge in [0.2, 0.25) is 0 Å². The summed E-state index contributed by atoms with van der Waals surface area (Å²) in [6, 6.07) is 8.38. The van der Waals surface area contributed by atoms with Crippen LogP contribution in [-0.2, 0) is 13.7 Å². The first kappa shape index (κ1) is 17.9. The van der Waals surface area contributed by atoms with Crippen molar-refractivity contribution >= 4 is 27.5 Å². The maximum atomic E-state index is 12.5. The lowest BCUT2D eigenvalue weighted by Gasteiger charge is -2.11. The number of rotatable bonds is 5. The summed E-state index contributed by atoms with van der Waals surface area (Å²) in [5, 5.41) is 2.28. The molecule has 0 fully saturated rings. The van der Waals surface area contributed by atoms with Crippen LogP contribution in [0.2, 0.25) is 0 Å². The predicted molar refractivity (Wildman–Crippen MR) is 106 cm³/mol. The highest BCUT2D eigenvalue weighted by Crippen LogP contribution is 2.16.